The first-order valence-electron chi connectivity index (χ1n) is 15.8. The molecule has 12 heteroatoms. The molecule has 0 aromatic heterocycles. The van der Waals surface area contributed by atoms with Crippen molar-refractivity contribution in [2.45, 2.75) is 56.3 Å². The Morgan fingerprint density at radius 3 is 2.19 bits per heavy atom. The summed E-state index contributed by atoms with van der Waals surface area (Å²) in [5.74, 6) is 1.70. The smallest absolute Gasteiger partial charge is 0.407 e. The molecular formula is C35H45NO10S. The molecule has 1 amide bonds. The van der Waals surface area contributed by atoms with E-state index in [0.29, 0.717) is 43.3 Å². The van der Waals surface area contributed by atoms with Gasteiger partial charge in [-0.2, -0.15) is 0 Å². The molecule has 0 spiro atoms. The van der Waals surface area contributed by atoms with Gasteiger partial charge in [0, 0.05) is 13.2 Å². The van der Waals surface area contributed by atoms with Gasteiger partial charge in [0.1, 0.15) is 23.9 Å². The summed E-state index contributed by atoms with van der Waals surface area (Å²) in [5, 5.41) is 2.65. The zero-order valence-corrected chi connectivity index (χ0v) is 28.3. The van der Waals surface area contributed by atoms with Crippen LogP contribution in [0.2, 0.25) is 0 Å². The van der Waals surface area contributed by atoms with Gasteiger partial charge in [-0.1, -0.05) is 43.3 Å². The van der Waals surface area contributed by atoms with E-state index in [4.69, 9.17) is 33.2 Å². The quantitative estimate of drug-likeness (QED) is 0.156. The van der Waals surface area contributed by atoms with Gasteiger partial charge in [-0.25, -0.2) is 13.2 Å². The highest BCUT2D eigenvalue weighted by Crippen LogP contribution is 2.46. The maximum Gasteiger partial charge on any atom is 0.407 e. The van der Waals surface area contributed by atoms with Crippen molar-refractivity contribution in [3.63, 3.8) is 0 Å². The van der Waals surface area contributed by atoms with Gasteiger partial charge in [-0.3, -0.25) is 0 Å². The van der Waals surface area contributed by atoms with Gasteiger partial charge in [-0.15, -0.1) is 0 Å². The Bertz CT molecular complexity index is 1520. The first-order valence-corrected chi connectivity index (χ1v) is 17.4. The molecule has 1 N–H and O–H groups in total. The first kappa shape index (κ1) is 35.8. The van der Waals surface area contributed by atoms with Gasteiger partial charge >= 0.3 is 6.09 Å². The molecule has 11 nitrogen and oxygen atoms in total. The molecule has 1 aliphatic heterocycles. The first-order chi connectivity index (χ1) is 22.8. The summed E-state index contributed by atoms with van der Waals surface area (Å²) in [5.41, 5.74) is 2.54. The fourth-order valence-corrected chi connectivity index (χ4v) is 6.72. The van der Waals surface area contributed by atoms with E-state index in [-0.39, 0.29) is 48.4 Å². The lowest BCUT2D eigenvalue weighted by atomic mass is 10.0. The summed E-state index contributed by atoms with van der Waals surface area (Å²) in [4.78, 5) is 12.3. The van der Waals surface area contributed by atoms with Crippen LogP contribution in [0.25, 0.3) is 0 Å². The Labute approximate surface area is 277 Å². The second-order valence-corrected chi connectivity index (χ2v) is 13.1. The van der Waals surface area contributed by atoms with E-state index in [2.05, 4.69) is 5.32 Å². The molecule has 3 aromatic carbocycles. The van der Waals surface area contributed by atoms with E-state index < -0.39 is 15.9 Å². The molecule has 0 unspecified atom stereocenters. The molecule has 0 bridgehead atoms. The minimum Gasteiger partial charge on any atom is -0.493 e. The number of ether oxygens (including phenoxy) is 7. The van der Waals surface area contributed by atoms with Crippen LogP contribution in [0.4, 0.5) is 4.79 Å². The number of methoxy groups -OCH3 is 3. The monoisotopic (exact) mass is 671 g/mol. The molecule has 3 aromatic rings. The number of nitrogens with one attached hydrogen (secondary N) is 1. The molecule has 1 fully saturated rings. The molecule has 0 radical (unpaired) electrons. The molecule has 1 saturated heterocycles. The lowest BCUT2D eigenvalue weighted by Crippen LogP contribution is -2.28. The summed E-state index contributed by atoms with van der Waals surface area (Å²) < 4.78 is 66.5. The van der Waals surface area contributed by atoms with Crippen LogP contribution in [-0.4, -0.2) is 68.0 Å². The van der Waals surface area contributed by atoms with Crippen molar-refractivity contribution < 1.29 is 46.4 Å². The van der Waals surface area contributed by atoms with Crippen molar-refractivity contribution in [1.82, 2.24) is 5.32 Å². The molecule has 256 valence electrons. The topological polar surface area (TPSA) is 128 Å². The van der Waals surface area contributed by atoms with Gasteiger partial charge < -0.3 is 38.5 Å². The van der Waals surface area contributed by atoms with Crippen LogP contribution in [0.3, 0.4) is 0 Å². The fraction of sp³-hybridized carbons (Fsp3) is 0.457. The van der Waals surface area contributed by atoms with Crippen molar-refractivity contribution in [1.29, 1.82) is 0 Å². The van der Waals surface area contributed by atoms with E-state index in [0.717, 1.165) is 29.5 Å². The van der Waals surface area contributed by atoms with Gasteiger partial charge in [0.05, 0.1) is 45.8 Å². The Morgan fingerprint density at radius 1 is 0.851 bits per heavy atom. The summed E-state index contributed by atoms with van der Waals surface area (Å²) in [6, 6.07) is 18.2. The molecule has 0 saturated carbocycles. The number of hydrogen-bond donors (Lipinski definition) is 1. The van der Waals surface area contributed by atoms with Crippen molar-refractivity contribution in [3.8, 4) is 23.0 Å². The summed E-state index contributed by atoms with van der Waals surface area (Å²) in [6.45, 7) is 3.23. The predicted octanol–water partition coefficient (Wildman–Crippen LogP) is 6.20. The second-order valence-electron chi connectivity index (χ2n) is 11.0. The molecule has 0 aliphatic carbocycles. The number of amides is 1. The van der Waals surface area contributed by atoms with E-state index in [1.54, 1.807) is 39.5 Å². The van der Waals surface area contributed by atoms with Gasteiger partial charge in [0.25, 0.3) is 0 Å². The third-order valence-electron chi connectivity index (χ3n) is 7.64. The summed E-state index contributed by atoms with van der Waals surface area (Å²) in [6.07, 6.45) is 1.53. The van der Waals surface area contributed by atoms with Crippen LogP contribution in [0.5, 0.6) is 23.0 Å². The number of alkyl carbamates (subject to hydrolysis) is 1. The van der Waals surface area contributed by atoms with Crippen LogP contribution in [0.15, 0.2) is 65.6 Å². The lowest BCUT2D eigenvalue weighted by molar-refractivity contribution is 0.0436. The average molecular weight is 672 g/mol. The molecule has 4 rings (SSSR count). The van der Waals surface area contributed by atoms with Crippen molar-refractivity contribution >= 4 is 15.9 Å². The van der Waals surface area contributed by atoms with Gasteiger partial charge in [-0.05, 0) is 66.6 Å². The Hall–Kier alpha value is -4.00. The van der Waals surface area contributed by atoms with Crippen LogP contribution in [0, 0.1) is 0 Å². The predicted molar refractivity (Wildman–Crippen MR) is 176 cm³/mol. The Morgan fingerprint density at radius 2 is 1.53 bits per heavy atom. The molecule has 2 atom stereocenters. The number of sulfone groups is 1. The van der Waals surface area contributed by atoms with Gasteiger partial charge in [0.15, 0.2) is 21.3 Å². The van der Waals surface area contributed by atoms with Crippen molar-refractivity contribution in [3.05, 3.63) is 77.4 Å². The number of benzene rings is 3. The standard InChI is InChI=1S/C35H45NO10S/c1-5-17-43-18-9-20-47(38,39)33-15-12-26(21-30(33)44-19-16-36-35(37)45-24-25-10-7-6-8-11-25)28-13-14-29(46-28)27-22-31(40-2)34(42-4)32(23-27)41-3/h6-8,10-12,15,21-23,28-29H,5,9,13-14,16-20,24H2,1-4H3,(H,36,37)/t28-,29-/m0/s1. The maximum atomic E-state index is 13.4. The highest BCUT2D eigenvalue weighted by atomic mass is 32.2. The zero-order chi connectivity index (χ0) is 33.6. The van der Waals surface area contributed by atoms with Crippen molar-refractivity contribution in [2.75, 3.05) is 53.4 Å². The van der Waals surface area contributed by atoms with Crippen LogP contribution < -0.4 is 24.3 Å². The highest BCUT2D eigenvalue weighted by Gasteiger charge is 2.31. The fourth-order valence-electron chi connectivity index (χ4n) is 5.31. The lowest BCUT2D eigenvalue weighted by Gasteiger charge is -2.19. The highest BCUT2D eigenvalue weighted by molar-refractivity contribution is 7.91. The van der Waals surface area contributed by atoms with Crippen LogP contribution in [-0.2, 0) is 30.7 Å². The van der Waals surface area contributed by atoms with E-state index >= 15 is 0 Å². The third-order valence-corrected chi connectivity index (χ3v) is 9.48. The third kappa shape index (κ3) is 9.99. The average Bonchev–Trinajstić information content (AvgIpc) is 3.59. The number of carbonyl (C=O) groups is 1. The van der Waals surface area contributed by atoms with Crippen molar-refractivity contribution in [2.24, 2.45) is 0 Å². The van der Waals surface area contributed by atoms with Gasteiger partial charge in [0.2, 0.25) is 5.75 Å². The molecular weight excluding hydrogens is 626 g/mol. The molecule has 47 heavy (non-hydrogen) atoms. The minimum absolute atomic E-state index is 0.0333. The maximum absolute atomic E-state index is 13.4. The van der Waals surface area contributed by atoms with E-state index in [1.807, 2.05) is 49.4 Å². The summed E-state index contributed by atoms with van der Waals surface area (Å²) >= 11 is 0. The number of hydrogen-bond acceptors (Lipinski definition) is 10. The van der Waals surface area contributed by atoms with E-state index in [1.165, 1.54) is 0 Å². The van der Waals surface area contributed by atoms with Crippen LogP contribution >= 0.6 is 0 Å². The second kappa shape index (κ2) is 17.8. The number of carbonyl (C=O) groups excluding carboxylic acids is 1. The molecule has 1 aliphatic rings. The Kier molecular flexibility index (Phi) is 13.6. The normalized spacial score (nSPS) is 16.0. The van der Waals surface area contributed by atoms with E-state index in [9.17, 15) is 13.2 Å². The van der Waals surface area contributed by atoms with Crippen LogP contribution in [0.1, 0.15) is 61.5 Å². The summed E-state index contributed by atoms with van der Waals surface area (Å²) in [7, 11) is 1.01. The SMILES string of the molecule is CCCOCCCS(=O)(=O)c1ccc([C@@H]2CC[C@@H](c3cc(OC)c(OC)c(OC)c3)O2)cc1OCCNC(=O)OCc1ccccc1. The number of rotatable bonds is 18. The zero-order valence-electron chi connectivity index (χ0n) is 27.5. The molecule has 1 heterocycles. The largest absolute Gasteiger partial charge is 0.493 e. The Balaban J connectivity index is 1.46. The minimum atomic E-state index is -3.68.